The second-order valence-electron chi connectivity index (χ2n) is 7.23. The van der Waals surface area contributed by atoms with Gasteiger partial charge in [0, 0.05) is 24.4 Å². The average molecular weight is 362 g/mol. The van der Waals surface area contributed by atoms with Gasteiger partial charge in [-0.25, -0.2) is 0 Å². The van der Waals surface area contributed by atoms with Gasteiger partial charge < -0.3 is 14.5 Å². The predicted octanol–water partition coefficient (Wildman–Crippen LogP) is 3.81. The van der Waals surface area contributed by atoms with Crippen LogP contribution in [-0.4, -0.2) is 35.3 Å². The number of halogens is 1. The van der Waals surface area contributed by atoms with Gasteiger partial charge in [-0.2, -0.15) is 0 Å². The Kier molecular flexibility index (Phi) is 4.69. The number of alkyl halides is 1. The van der Waals surface area contributed by atoms with E-state index in [4.69, 9.17) is 20.8 Å². The Morgan fingerprint density at radius 3 is 2.96 bits per heavy atom. The number of piperidine rings is 1. The number of hydrogen-bond acceptors (Lipinski definition) is 5. The molecule has 2 unspecified atom stereocenters. The molecule has 1 aliphatic heterocycles. The van der Waals surface area contributed by atoms with E-state index in [0.29, 0.717) is 23.1 Å². The molecule has 0 amide bonds. The molecule has 2 aromatic rings. The molecular weight excluding hydrogens is 338 g/mol. The fourth-order valence-electron chi connectivity index (χ4n) is 3.98. The number of nitrogens with one attached hydrogen (secondary N) is 1. The summed E-state index contributed by atoms with van der Waals surface area (Å²) in [4.78, 5) is 0. The van der Waals surface area contributed by atoms with E-state index in [1.165, 1.54) is 19.3 Å². The average Bonchev–Trinajstić information content (AvgIpc) is 3.27. The molecule has 1 aliphatic carbocycles. The van der Waals surface area contributed by atoms with Crippen molar-refractivity contribution in [2.75, 3.05) is 19.7 Å². The molecule has 5 nitrogen and oxygen atoms in total. The third kappa shape index (κ3) is 3.67. The minimum absolute atomic E-state index is 0.250. The quantitative estimate of drug-likeness (QED) is 0.793. The number of aryl methyl sites for hydroxylation is 1. The molecule has 1 N–H and O–H groups in total. The second-order valence-corrected chi connectivity index (χ2v) is 7.79. The van der Waals surface area contributed by atoms with Gasteiger partial charge in [-0.05, 0) is 61.8 Å². The number of ether oxygens (including phenoxy) is 1. The summed E-state index contributed by atoms with van der Waals surface area (Å²) in [5.41, 5.74) is 1.29. The minimum atomic E-state index is 0.250. The minimum Gasteiger partial charge on any atom is -0.494 e. The first kappa shape index (κ1) is 16.9. The highest BCUT2D eigenvalue weighted by atomic mass is 35.5. The highest BCUT2D eigenvalue weighted by Gasteiger charge is 2.51. The van der Waals surface area contributed by atoms with Crippen molar-refractivity contribution in [3.63, 3.8) is 0 Å². The van der Waals surface area contributed by atoms with Crippen molar-refractivity contribution in [1.29, 1.82) is 0 Å². The van der Waals surface area contributed by atoms with Crippen molar-refractivity contribution in [2.24, 2.45) is 11.3 Å². The molecule has 2 atom stereocenters. The van der Waals surface area contributed by atoms with E-state index < -0.39 is 0 Å². The molecule has 2 heterocycles. The third-order valence-electron chi connectivity index (χ3n) is 5.56. The number of benzene rings is 1. The molecule has 4 rings (SSSR count). The fraction of sp³-hybridized carbons (Fsp3) is 0.579. The zero-order valence-corrected chi connectivity index (χ0v) is 15.3. The van der Waals surface area contributed by atoms with Gasteiger partial charge in [-0.15, -0.1) is 21.8 Å². The van der Waals surface area contributed by atoms with Gasteiger partial charge in [-0.1, -0.05) is 6.07 Å². The van der Waals surface area contributed by atoms with Crippen LogP contribution in [0.5, 0.6) is 5.75 Å². The van der Waals surface area contributed by atoms with E-state index in [1.54, 1.807) is 6.92 Å². The van der Waals surface area contributed by atoms with E-state index in [9.17, 15) is 0 Å². The molecule has 1 saturated carbocycles. The van der Waals surface area contributed by atoms with Gasteiger partial charge in [0.15, 0.2) is 0 Å². The van der Waals surface area contributed by atoms with Crippen LogP contribution in [0.25, 0.3) is 11.5 Å². The lowest BCUT2D eigenvalue weighted by molar-refractivity contribution is 0.188. The first-order chi connectivity index (χ1) is 12.2. The molecule has 25 heavy (non-hydrogen) atoms. The molecule has 1 aromatic carbocycles. The molecule has 0 spiro atoms. The van der Waals surface area contributed by atoms with E-state index >= 15 is 0 Å². The Hall–Kier alpha value is -1.59. The zero-order valence-electron chi connectivity index (χ0n) is 14.5. The second kappa shape index (κ2) is 6.96. The normalized spacial score (nSPS) is 24.9. The van der Waals surface area contributed by atoms with Gasteiger partial charge in [0.25, 0.3) is 0 Å². The topological polar surface area (TPSA) is 60.2 Å². The summed E-state index contributed by atoms with van der Waals surface area (Å²) in [7, 11) is 0. The van der Waals surface area contributed by atoms with Gasteiger partial charge in [0.2, 0.25) is 11.8 Å². The van der Waals surface area contributed by atoms with Crippen molar-refractivity contribution < 1.29 is 9.15 Å². The lowest BCUT2D eigenvalue weighted by Crippen LogP contribution is -2.41. The molecule has 134 valence electrons. The maximum atomic E-state index is 6.57. The predicted molar refractivity (Wildman–Crippen MR) is 96.9 cm³/mol. The van der Waals surface area contributed by atoms with Crippen molar-refractivity contribution in [1.82, 2.24) is 15.5 Å². The van der Waals surface area contributed by atoms with E-state index in [2.05, 4.69) is 15.5 Å². The lowest BCUT2D eigenvalue weighted by Gasteiger charge is -2.34. The summed E-state index contributed by atoms with van der Waals surface area (Å²) in [5.74, 6) is 2.56. The smallest absolute Gasteiger partial charge is 0.247 e. The van der Waals surface area contributed by atoms with Crippen molar-refractivity contribution >= 4 is 11.6 Å². The highest BCUT2D eigenvalue weighted by molar-refractivity contribution is 6.21. The van der Waals surface area contributed by atoms with E-state index in [0.717, 1.165) is 37.4 Å². The van der Waals surface area contributed by atoms with Crippen molar-refractivity contribution in [3.8, 4) is 17.2 Å². The molecular formula is C19H24ClN3O2. The summed E-state index contributed by atoms with van der Waals surface area (Å²) in [6, 6.07) is 7.84. The highest BCUT2D eigenvalue weighted by Crippen LogP contribution is 2.58. The van der Waals surface area contributed by atoms with Crippen LogP contribution in [0.2, 0.25) is 0 Å². The maximum absolute atomic E-state index is 6.57. The SMILES string of the molecule is Cc1nnc(-c2cccc(OCCC3(C4CCNCC4Cl)CC3)c2)o1. The standard InChI is InChI=1S/C19H24ClN3O2/c1-13-22-23-18(25-13)14-3-2-4-15(11-14)24-10-8-19(6-7-19)16-5-9-21-12-17(16)20/h2-4,11,16-17,21H,5-10,12H2,1H3. The van der Waals surface area contributed by atoms with Crippen LogP contribution in [0.3, 0.4) is 0 Å². The molecule has 2 fully saturated rings. The number of hydrogen-bond donors (Lipinski definition) is 1. The number of aromatic nitrogens is 2. The Labute approximate surface area is 153 Å². The maximum Gasteiger partial charge on any atom is 0.247 e. The molecule has 6 heteroatoms. The van der Waals surface area contributed by atoms with Crippen LogP contribution in [0.15, 0.2) is 28.7 Å². The first-order valence-corrected chi connectivity index (χ1v) is 9.48. The lowest BCUT2D eigenvalue weighted by atomic mass is 9.80. The first-order valence-electron chi connectivity index (χ1n) is 9.04. The monoisotopic (exact) mass is 361 g/mol. The van der Waals surface area contributed by atoms with Crippen LogP contribution < -0.4 is 10.1 Å². The van der Waals surface area contributed by atoms with E-state index in [-0.39, 0.29) is 5.38 Å². The van der Waals surface area contributed by atoms with Gasteiger partial charge in [0.05, 0.1) is 6.61 Å². The molecule has 0 radical (unpaired) electrons. The van der Waals surface area contributed by atoms with E-state index in [1.807, 2.05) is 24.3 Å². The Morgan fingerprint density at radius 1 is 1.36 bits per heavy atom. The van der Waals surface area contributed by atoms with Crippen LogP contribution in [0.4, 0.5) is 0 Å². The van der Waals surface area contributed by atoms with Gasteiger partial charge in [-0.3, -0.25) is 0 Å². The van der Waals surface area contributed by atoms with Gasteiger partial charge >= 0.3 is 0 Å². The fourth-order valence-corrected chi connectivity index (χ4v) is 4.48. The molecule has 0 bridgehead atoms. The zero-order chi connectivity index (χ0) is 17.3. The van der Waals surface area contributed by atoms with Gasteiger partial charge in [0.1, 0.15) is 5.75 Å². The Morgan fingerprint density at radius 2 is 2.24 bits per heavy atom. The summed E-state index contributed by atoms with van der Waals surface area (Å²) in [5, 5.41) is 11.6. The molecule has 1 aromatic heterocycles. The Balaban J connectivity index is 1.36. The third-order valence-corrected chi connectivity index (χ3v) is 6.02. The van der Waals surface area contributed by atoms with Crippen molar-refractivity contribution in [2.45, 2.75) is 38.0 Å². The number of rotatable bonds is 6. The van der Waals surface area contributed by atoms with Crippen LogP contribution >= 0.6 is 11.6 Å². The van der Waals surface area contributed by atoms with Crippen LogP contribution in [0, 0.1) is 18.3 Å². The van der Waals surface area contributed by atoms with Crippen LogP contribution in [-0.2, 0) is 0 Å². The summed E-state index contributed by atoms with van der Waals surface area (Å²) in [6.45, 7) is 4.53. The van der Waals surface area contributed by atoms with Crippen LogP contribution in [0.1, 0.15) is 31.6 Å². The largest absolute Gasteiger partial charge is 0.494 e. The molecule has 2 aliphatic rings. The molecule has 1 saturated heterocycles. The summed E-state index contributed by atoms with van der Waals surface area (Å²) in [6.07, 6.45) is 4.82. The Bertz CT molecular complexity index is 729. The summed E-state index contributed by atoms with van der Waals surface area (Å²) >= 11 is 6.57. The number of nitrogens with zero attached hydrogens (tertiary/aromatic N) is 2. The summed E-state index contributed by atoms with van der Waals surface area (Å²) < 4.78 is 11.5. The van der Waals surface area contributed by atoms with Crippen molar-refractivity contribution in [3.05, 3.63) is 30.2 Å².